The van der Waals surface area contributed by atoms with Gasteiger partial charge in [0, 0.05) is 11.6 Å². The Morgan fingerprint density at radius 1 is 1.09 bits per heavy atom. The molecule has 0 saturated heterocycles. The van der Waals surface area contributed by atoms with Crippen molar-refractivity contribution in [1.29, 1.82) is 0 Å². The second kappa shape index (κ2) is 7.65. The van der Waals surface area contributed by atoms with Gasteiger partial charge < -0.3 is 9.84 Å². The van der Waals surface area contributed by atoms with Crippen molar-refractivity contribution in [1.82, 2.24) is 10.9 Å². The number of phenols is 1. The molecular weight excluding hydrogens is 296 g/mol. The van der Waals surface area contributed by atoms with E-state index in [9.17, 15) is 14.7 Å². The van der Waals surface area contributed by atoms with E-state index in [1.807, 2.05) is 0 Å². The Kier molecular flexibility index (Phi) is 5.35. The van der Waals surface area contributed by atoms with Crippen LogP contribution < -0.4 is 15.6 Å². The van der Waals surface area contributed by atoms with Gasteiger partial charge in [-0.15, -0.1) is 0 Å². The lowest BCUT2D eigenvalue weighted by Crippen LogP contribution is -2.40. The van der Waals surface area contributed by atoms with Gasteiger partial charge in [0.2, 0.25) is 0 Å². The maximum Gasteiger partial charge on any atom is 0.269 e. The standard InChI is InChI=1S/C17H16N2O4/c1-23-15-11-12(7-9-14(15)20)8-10-16(21)18-19-17(22)13-5-3-2-4-6-13/h2-11,20H,1H3,(H,18,21)(H,19,22)/b10-8+. The normalized spacial score (nSPS) is 10.3. The lowest BCUT2D eigenvalue weighted by molar-refractivity contribution is -0.117. The SMILES string of the molecule is COc1cc(/C=C/C(=O)NNC(=O)c2ccccc2)ccc1O. The first-order valence-corrected chi connectivity index (χ1v) is 6.80. The molecule has 118 valence electrons. The van der Waals surface area contributed by atoms with Crippen molar-refractivity contribution in [2.45, 2.75) is 0 Å². The Hall–Kier alpha value is -3.28. The maximum atomic E-state index is 11.8. The first kappa shape index (κ1) is 16.1. The highest BCUT2D eigenvalue weighted by molar-refractivity contribution is 5.97. The van der Waals surface area contributed by atoms with Crippen LogP contribution in [0.4, 0.5) is 0 Å². The van der Waals surface area contributed by atoms with Crippen molar-refractivity contribution in [2.24, 2.45) is 0 Å². The van der Waals surface area contributed by atoms with Crippen molar-refractivity contribution < 1.29 is 19.4 Å². The van der Waals surface area contributed by atoms with Crippen molar-refractivity contribution in [2.75, 3.05) is 7.11 Å². The number of aromatic hydroxyl groups is 1. The van der Waals surface area contributed by atoms with Gasteiger partial charge in [-0.25, -0.2) is 0 Å². The fourth-order valence-electron chi connectivity index (χ4n) is 1.79. The number of benzene rings is 2. The van der Waals surface area contributed by atoms with Crippen LogP contribution in [0.5, 0.6) is 11.5 Å². The van der Waals surface area contributed by atoms with Gasteiger partial charge >= 0.3 is 0 Å². The zero-order valence-corrected chi connectivity index (χ0v) is 12.4. The Labute approximate surface area is 133 Å². The van der Waals surface area contributed by atoms with Crippen LogP contribution in [0.1, 0.15) is 15.9 Å². The average molecular weight is 312 g/mol. The van der Waals surface area contributed by atoms with Gasteiger partial charge in [0.05, 0.1) is 7.11 Å². The number of methoxy groups -OCH3 is 1. The lowest BCUT2D eigenvalue weighted by atomic mass is 10.2. The highest BCUT2D eigenvalue weighted by atomic mass is 16.5. The third-order valence-corrected chi connectivity index (χ3v) is 2.97. The zero-order valence-electron chi connectivity index (χ0n) is 12.4. The number of hydrazine groups is 1. The summed E-state index contributed by atoms with van der Waals surface area (Å²) >= 11 is 0. The zero-order chi connectivity index (χ0) is 16.7. The van der Waals surface area contributed by atoms with Crippen LogP contribution in [0.15, 0.2) is 54.6 Å². The predicted octanol–water partition coefficient (Wildman–Crippen LogP) is 1.88. The van der Waals surface area contributed by atoms with Crippen LogP contribution in [0.3, 0.4) is 0 Å². The Bertz CT molecular complexity index is 727. The first-order valence-electron chi connectivity index (χ1n) is 6.80. The van der Waals surface area contributed by atoms with E-state index in [-0.39, 0.29) is 5.75 Å². The van der Waals surface area contributed by atoms with Crippen LogP contribution in [0.2, 0.25) is 0 Å². The number of rotatable bonds is 4. The van der Waals surface area contributed by atoms with Crippen LogP contribution in [-0.2, 0) is 4.79 Å². The molecule has 0 saturated carbocycles. The number of carbonyl (C=O) groups excluding carboxylic acids is 2. The van der Waals surface area contributed by atoms with Gasteiger partial charge in [-0.1, -0.05) is 24.3 Å². The van der Waals surface area contributed by atoms with E-state index in [2.05, 4.69) is 10.9 Å². The molecule has 0 unspecified atom stereocenters. The molecule has 0 spiro atoms. The molecule has 2 amide bonds. The Morgan fingerprint density at radius 3 is 2.52 bits per heavy atom. The van der Waals surface area contributed by atoms with E-state index in [0.29, 0.717) is 16.9 Å². The summed E-state index contributed by atoms with van der Waals surface area (Å²) in [6.45, 7) is 0. The summed E-state index contributed by atoms with van der Waals surface area (Å²) in [5, 5.41) is 9.49. The van der Waals surface area contributed by atoms with Gasteiger partial charge in [-0.05, 0) is 35.9 Å². The molecule has 6 heteroatoms. The van der Waals surface area contributed by atoms with Gasteiger partial charge in [0.25, 0.3) is 11.8 Å². The number of carbonyl (C=O) groups is 2. The highest BCUT2D eigenvalue weighted by Crippen LogP contribution is 2.26. The summed E-state index contributed by atoms with van der Waals surface area (Å²) < 4.78 is 4.98. The van der Waals surface area contributed by atoms with Crippen molar-refractivity contribution >= 4 is 17.9 Å². The minimum atomic E-state index is -0.485. The molecule has 0 fully saturated rings. The van der Waals surface area contributed by atoms with E-state index in [0.717, 1.165) is 0 Å². The number of phenolic OH excluding ortho intramolecular Hbond substituents is 1. The molecule has 0 radical (unpaired) electrons. The number of hydrogen-bond donors (Lipinski definition) is 3. The van der Waals surface area contributed by atoms with Crippen molar-refractivity contribution in [3.63, 3.8) is 0 Å². The molecule has 0 bridgehead atoms. The van der Waals surface area contributed by atoms with Crippen molar-refractivity contribution in [3.05, 3.63) is 65.7 Å². The molecular formula is C17H16N2O4. The molecule has 0 heterocycles. The first-order chi connectivity index (χ1) is 11.1. The van der Waals surface area contributed by atoms with Crippen LogP contribution in [0, 0.1) is 0 Å². The van der Waals surface area contributed by atoms with Crippen LogP contribution >= 0.6 is 0 Å². The molecule has 0 atom stereocenters. The maximum absolute atomic E-state index is 11.8. The molecule has 6 nitrogen and oxygen atoms in total. The molecule has 3 N–H and O–H groups in total. The predicted molar refractivity (Wildman–Crippen MR) is 85.7 cm³/mol. The van der Waals surface area contributed by atoms with Crippen molar-refractivity contribution in [3.8, 4) is 11.5 Å². The summed E-state index contributed by atoms with van der Waals surface area (Å²) in [6.07, 6.45) is 2.79. The van der Waals surface area contributed by atoms with Gasteiger partial charge in [0.1, 0.15) is 0 Å². The summed E-state index contributed by atoms with van der Waals surface area (Å²) in [6, 6.07) is 13.2. The Morgan fingerprint density at radius 2 is 1.83 bits per heavy atom. The topological polar surface area (TPSA) is 87.7 Å². The highest BCUT2D eigenvalue weighted by Gasteiger charge is 2.05. The van der Waals surface area contributed by atoms with E-state index in [1.165, 1.54) is 25.3 Å². The second-order valence-corrected chi connectivity index (χ2v) is 4.57. The van der Waals surface area contributed by atoms with E-state index < -0.39 is 11.8 Å². The van der Waals surface area contributed by atoms with Gasteiger partial charge in [-0.2, -0.15) is 0 Å². The minimum absolute atomic E-state index is 0.0178. The largest absolute Gasteiger partial charge is 0.504 e. The summed E-state index contributed by atoms with van der Waals surface area (Å²) in [5.41, 5.74) is 5.71. The molecule has 23 heavy (non-hydrogen) atoms. The number of hydrogen-bond acceptors (Lipinski definition) is 4. The average Bonchev–Trinajstić information content (AvgIpc) is 2.59. The summed E-state index contributed by atoms with van der Waals surface area (Å²) in [7, 11) is 1.44. The monoisotopic (exact) mass is 312 g/mol. The number of amides is 2. The van der Waals surface area contributed by atoms with Gasteiger partial charge in [-0.3, -0.25) is 20.4 Å². The van der Waals surface area contributed by atoms with E-state index >= 15 is 0 Å². The third kappa shape index (κ3) is 4.60. The molecule has 0 aliphatic carbocycles. The second-order valence-electron chi connectivity index (χ2n) is 4.57. The van der Waals surface area contributed by atoms with Crippen LogP contribution in [-0.4, -0.2) is 24.0 Å². The van der Waals surface area contributed by atoms with Gasteiger partial charge in [0.15, 0.2) is 11.5 Å². The molecule has 2 aromatic carbocycles. The molecule has 2 rings (SSSR count). The fourth-order valence-corrected chi connectivity index (χ4v) is 1.79. The molecule has 0 aliphatic heterocycles. The number of nitrogens with one attached hydrogen (secondary N) is 2. The molecule has 0 aromatic heterocycles. The minimum Gasteiger partial charge on any atom is -0.504 e. The molecule has 0 aliphatic rings. The third-order valence-electron chi connectivity index (χ3n) is 2.97. The summed E-state index contributed by atoms with van der Waals surface area (Å²) in [4.78, 5) is 23.4. The fraction of sp³-hybridized carbons (Fsp3) is 0.0588. The summed E-state index contributed by atoms with van der Waals surface area (Å²) in [5.74, 6) is -0.561. The quantitative estimate of drug-likeness (QED) is 0.594. The molecule has 2 aromatic rings. The Balaban J connectivity index is 1.91. The van der Waals surface area contributed by atoms with E-state index in [4.69, 9.17) is 4.74 Å². The van der Waals surface area contributed by atoms with Crippen LogP contribution in [0.25, 0.3) is 6.08 Å². The number of ether oxygens (including phenoxy) is 1. The van der Waals surface area contributed by atoms with E-state index in [1.54, 1.807) is 42.5 Å². The lowest BCUT2D eigenvalue weighted by Gasteiger charge is -2.05. The smallest absolute Gasteiger partial charge is 0.269 e.